The van der Waals surface area contributed by atoms with Crippen LogP contribution in [-0.2, 0) is 20.9 Å². The number of nitrogens with two attached hydrogens (primary N) is 1. The van der Waals surface area contributed by atoms with Gasteiger partial charge in [0.25, 0.3) is 5.91 Å². The number of hydrogen-bond donors (Lipinski definition) is 1. The summed E-state index contributed by atoms with van der Waals surface area (Å²) in [4.78, 5) is 59.6. The third-order valence-electron chi connectivity index (χ3n) is 8.74. The molecule has 0 spiro atoms. The summed E-state index contributed by atoms with van der Waals surface area (Å²) >= 11 is 0. The van der Waals surface area contributed by atoms with Crippen molar-refractivity contribution < 1.29 is 19.2 Å². The zero-order valence-electron chi connectivity index (χ0n) is 20.1. The summed E-state index contributed by atoms with van der Waals surface area (Å²) in [6.07, 6.45) is 9.62. The fourth-order valence-corrected chi connectivity index (χ4v) is 7.59. The van der Waals surface area contributed by atoms with Gasteiger partial charge >= 0.3 is 0 Å². The number of benzene rings is 1. The first-order valence-corrected chi connectivity index (χ1v) is 12.8. The zero-order chi connectivity index (χ0) is 25.0. The Hall–Kier alpha value is -3.55. The normalized spacial score (nSPS) is 30.6. The monoisotopic (exact) mass is 486 g/mol. The molecule has 4 saturated carbocycles. The predicted octanol–water partition coefficient (Wildman–Crippen LogP) is 3.06. The summed E-state index contributed by atoms with van der Waals surface area (Å²) in [5.41, 5.74) is 6.40. The van der Waals surface area contributed by atoms with Crippen molar-refractivity contribution in [1.82, 2.24) is 9.88 Å². The van der Waals surface area contributed by atoms with Gasteiger partial charge in [0.2, 0.25) is 17.7 Å². The quantitative estimate of drug-likeness (QED) is 0.631. The zero-order valence-corrected chi connectivity index (χ0v) is 20.1. The Bertz CT molecular complexity index is 1190. The maximum absolute atomic E-state index is 14.4. The van der Waals surface area contributed by atoms with Crippen LogP contribution in [0, 0.1) is 23.2 Å². The number of anilines is 1. The van der Waals surface area contributed by atoms with Crippen LogP contribution in [0.1, 0.15) is 60.9 Å². The maximum Gasteiger partial charge on any atom is 0.257 e. The molecular formula is C28H30N4O4. The molecule has 8 heteroatoms. The summed E-state index contributed by atoms with van der Waals surface area (Å²) in [5.74, 6) is 0.426. The van der Waals surface area contributed by atoms with Crippen LogP contribution in [0.3, 0.4) is 0 Å². The lowest BCUT2D eigenvalue weighted by molar-refractivity contribution is -0.162. The highest BCUT2D eigenvalue weighted by molar-refractivity contribution is 6.23. The molecule has 4 bridgehead atoms. The minimum absolute atomic E-state index is 0.0162. The highest BCUT2D eigenvalue weighted by atomic mass is 16.2. The van der Waals surface area contributed by atoms with Crippen molar-refractivity contribution in [1.29, 1.82) is 0 Å². The van der Waals surface area contributed by atoms with Crippen LogP contribution in [-0.4, -0.2) is 39.6 Å². The summed E-state index contributed by atoms with van der Waals surface area (Å²) < 4.78 is 0. The van der Waals surface area contributed by atoms with Gasteiger partial charge in [-0.05, 0) is 92.2 Å². The second-order valence-electron chi connectivity index (χ2n) is 11.2. The Balaban J connectivity index is 1.32. The molecule has 2 N–H and O–H groups in total. The molecule has 2 heterocycles. The van der Waals surface area contributed by atoms with E-state index in [1.807, 2.05) is 12.1 Å². The third-order valence-corrected chi connectivity index (χ3v) is 8.74. The average molecular weight is 487 g/mol. The molecule has 36 heavy (non-hydrogen) atoms. The van der Waals surface area contributed by atoms with Gasteiger partial charge in [0.15, 0.2) is 0 Å². The van der Waals surface area contributed by atoms with Crippen LogP contribution >= 0.6 is 0 Å². The highest BCUT2D eigenvalue weighted by Crippen LogP contribution is 2.60. The molecule has 1 atom stereocenters. The molecule has 1 aromatic carbocycles. The van der Waals surface area contributed by atoms with Gasteiger partial charge in [-0.25, -0.2) is 4.90 Å². The first kappa shape index (κ1) is 22.9. The highest BCUT2D eigenvalue weighted by Gasteiger charge is 2.57. The number of primary amides is 1. The van der Waals surface area contributed by atoms with Crippen molar-refractivity contribution in [3.8, 4) is 0 Å². The largest absolute Gasteiger partial charge is 0.366 e. The number of nitrogens with zero attached hydrogens (tertiary/aromatic N) is 3. The molecule has 5 fully saturated rings. The number of rotatable bonds is 6. The van der Waals surface area contributed by atoms with Crippen LogP contribution in [0.2, 0.25) is 0 Å². The molecule has 4 amide bonds. The Morgan fingerprint density at radius 1 is 1.00 bits per heavy atom. The van der Waals surface area contributed by atoms with Crippen molar-refractivity contribution >= 4 is 29.3 Å². The molecule has 0 radical (unpaired) electrons. The van der Waals surface area contributed by atoms with Crippen molar-refractivity contribution in [2.45, 2.75) is 57.5 Å². The molecule has 7 rings (SSSR count). The number of carbonyl (C=O) groups excluding carboxylic acids is 4. The van der Waals surface area contributed by atoms with E-state index in [4.69, 9.17) is 5.73 Å². The van der Waals surface area contributed by atoms with E-state index in [2.05, 4.69) is 4.98 Å². The molecule has 1 aliphatic heterocycles. The summed E-state index contributed by atoms with van der Waals surface area (Å²) in [5, 5.41) is 0. The molecule has 1 saturated heterocycles. The van der Waals surface area contributed by atoms with Crippen LogP contribution < -0.4 is 10.6 Å². The van der Waals surface area contributed by atoms with Gasteiger partial charge in [0.1, 0.15) is 6.04 Å². The van der Waals surface area contributed by atoms with Gasteiger partial charge in [-0.1, -0.05) is 6.07 Å². The molecule has 2 aromatic rings. The topological polar surface area (TPSA) is 114 Å². The first-order chi connectivity index (χ1) is 17.3. The van der Waals surface area contributed by atoms with Crippen LogP contribution in [0.4, 0.5) is 5.69 Å². The number of pyridine rings is 1. The molecule has 1 unspecified atom stereocenters. The number of carbonyl (C=O) groups is 4. The van der Waals surface area contributed by atoms with Gasteiger partial charge in [0.05, 0.1) is 17.5 Å². The van der Waals surface area contributed by atoms with Crippen molar-refractivity contribution in [3.05, 3.63) is 59.9 Å². The van der Waals surface area contributed by atoms with Crippen LogP contribution in [0.15, 0.2) is 48.8 Å². The molecule has 4 aliphatic carbocycles. The molecule has 5 aliphatic rings. The van der Waals surface area contributed by atoms with Gasteiger partial charge in [-0.15, -0.1) is 0 Å². The minimum Gasteiger partial charge on any atom is -0.366 e. The van der Waals surface area contributed by atoms with E-state index >= 15 is 0 Å². The summed E-state index contributed by atoms with van der Waals surface area (Å²) in [6, 6.07) is 8.94. The fraction of sp³-hybridized carbons (Fsp3) is 0.464. The molecular weight excluding hydrogens is 456 g/mol. The second-order valence-corrected chi connectivity index (χ2v) is 11.2. The number of aromatic nitrogens is 1. The first-order valence-electron chi connectivity index (χ1n) is 12.8. The van der Waals surface area contributed by atoms with Crippen molar-refractivity contribution in [2.24, 2.45) is 28.9 Å². The lowest BCUT2D eigenvalue weighted by atomic mass is 9.49. The van der Waals surface area contributed by atoms with E-state index in [1.165, 1.54) is 31.4 Å². The Morgan fingerprint density at radius 2 is 1.64 bits per heavy atom. The van der Waals surface area contributed by atoms with E-state index < -0.39 is 23.3 Å². The van der Waals surface area contributed by atoms with Crippen molar-refractivity contribution in [3.63, 3.8) is 0 Å². The van der Waals surface area contributed by atoms with E-state index in [9.17, 15) is 19.2 Å². The van der Waals surface area contributed by atoms with Crippen LogP contribution in [0.5, 0.6) is 0 Å². The second kappa shape index (κ2) is 8.54. The van der Waals surface area contributed by atoms with E-state index in [0.29, 0.717) is 29.0 Å². The Morgan fingerprint density at radius 3 is 2.19 bits per heavy atom. The summed E-state index contributed by atoms with van der Waals surface area (Å²) in [6.45, 7) is 0.243. The number of amides is 4. The molecule has 186 valence electrons. The Labute approximate surface area is 209 Å². The standard InChI is InChI=1S/C28H30N4O4/c29-25(34)21-3-5-22(6-4-21)32-24(33)11-23(26(32)35)31(16-17-2-1-7-30-15-17)27(36)28-12-18-8-19(13-28)10-20(9-18)14-28/h1-7,15,18-20,23H,8-14,16H2,(H2,29,34). The van der Waals surface area contributed by atoms with Gasteiger partial charge in [-0.2, -0.15) is 0 Å². The van der Waals surface area contributed by atoms with Crippen LogP contribution in [0.25, 0.3) is 0 Å². The van der Waals surface area contributed by atoms with E-state index in [1.54, 1.807) is 29.4 Å². The van der Waals surface area contributed by atoms with Crippen molar-refractivity contribution in [2.75, 3.05) is 4.90 Å². The number of imide groups is 1. The van der Waals surface area contributed by atoms with Gasteiger partial charge < -0.3 is 10.6 Å². The average Bonchev–Trinajstić information content (AvgIpc) is 3.15. The summed E-state index contributed by atoms with van der Waals surface area (Å²) in [7, 11) is 0. The lowest BCUT2D eigenvalue weighted by Gasteiger charge is -2.56. The SMILES string of the molecule is NC(=O)c1ccc(N2C(=O)CC(N(Cc3cccnc3)C(=O)C34CC5CC(CC(C5)C3)C4)C2=O)cc1. The smallest absolute Gasteiger partial charge is 0.257 e. The predicted molar refractivity (Wildman–Crippen MR) is 131 cm³/mol. The molecule has 8 nitrogen and oxygen atoms in total. The third kappa shape index (κ3) is 3.79. The lowest BCUT2D eigenvalue weighted by Crippen LogP contribution is -2.57. The minimum atomic E-state index is -0.867. The maximum atomic E-state index is 14.4. The van der Waals surface area contributed by atoms with Gasteiger partial charge in [-0.3, -0.25) is 24.2 Å². The Kier molecular flexibility index (Phi) is 5.43. The van der Waals surface area contributed by atoms with E-state index in [0.717, 1.165) is 29.7 Å². The fourth-order valence-electron chi connectivity index (χ4n) is 7.59. The van der Waals surface area contributed by atoms with Gasteiger partial charge in [0, 0.05) is 24.5 Å². The number of hydrogen-bond acceptors (Lipinski definition) is 5. The molecule has 1 aromatic heterocycles. The van der Waals surface area contributed by atoms with E-state index in [-0.39, 0.29) is 24.8 Å².